The topological polar surface area (TPSA) is 88.3 Å². The number of nitrogens with one attached hydrogen (secondary N) is 1. The molecule has 0 aliphatic carbocycles. The lowest BCUT2D eigenvalue weighted by Gasteiger charge is -2.31. The van der Waals surface area contributed by atoms with E-state index in [0.717, 1.165) is 4.88 Å². The number of piperidine rings is 1. The Hall–Kier alpha value is -2.76. The molecule has 1 saturated heterocycles. The summed E-state index contributed by atoms with van der Waals surface area (Å²) in [5, 5.41) is 14.1. The maximum atomic E-state index is 13.0. The van der Waals surface area contributed by atoms with Crippen LogP contribution < -0.4 is 10.2 Å². The molecule has 8 nitrogen and oxygen atoms in total. The fourth-order valence-electron chi connectivity index (χ4n) is 3.12. The van der Waals surface area contributed by atoms with Crippen molar-refractivity contribution in [2.75, 3.05) is 23.3 Å². The molecule has 148 valence electrons. The minimum absolute atomic E-state index is 0.0316. The molecule has 1 aliphatic heterocycles. The number of hydrogen-bond donors (Lipinski definition) is 1. The minimum Gasteiger partial charge on any atom is -0.355 e. The Kier molecular flexibility index (Phi) is 4.65. The SMILES string of the molecule is Cc1cnc(NC(=O)C2CCN(c3ccc4nnc(C(F)(F)F)n4n3)CC2)s1. The zero-order valence-corrected chi connectivity index (χ0v) is 15.6. The van der Waals surface area contributed by atoms with E-state index in [9.17, 15) is 18.0 Å². The third-order valence-corrected chi connectivity index (χ3v) is 5.37. The number of hydrogen-bond acceptors (Lipinski definition) is 7. The number of aryl methyl sites for hydroxylation is 1. The monoisotopic (exact) mass is 411 g/mol. The van der Waals surface area contributed by atoms with Gasteiger partial charge in [0.2, 0.25) is 5.91 Å². The molecule has 1 fully saturated rings. The third kappa shape index (κ3) is 3.63. The number of carbonyl (C=O) groups is 1. The molecule has 3 aromatic rings. The van der Waals surface area contributed by atoms with Gasteiger partial charge < -0.3 is 10.2 Å². The predicted octanol–water partition coefficient (Wildman–Crippen LogP) is 2.76. The molecule has 3 aromatic heterocycles. The Morgan fingerprint density at radius 3 is 2.64 bits per heavy atom. The molecule has 0 radical (unpaired) electrons. The minimum atomic E-state index is -4.63. The van der Waals surface area contributed by atoms with Crippen molar-refractivity contribution in [1.29, 1.82) is 0 Å². The molecule has 1 N–H and O–H groups in total. The third-order valence-electron chi connectivity index (χ3n) is 4.54. The molecule has 0 saturated carbocycles. The van der Waals surface area contributed by atoms with Crippen LogP contribution in [0.2, 0.25) is 0 Å². The number of thiazole rings is 1. The van der Waals surface area contributed by atoms with E-state index in [0.29, 0.717) is 41.4 Å². The highest BCUT2D eigenvalue weighted by atomic mass is 32.1. The van der Waals surface area contributed by atoms with Crippen molar-refractivity contribution in [3.05, 3.63) is 29.0 Å². The molecule has 28 heavy (non-hydrogen) atoms. The Morgan fingerprint density at radius 1 is 1.25 bits per heavy atom. The fourth-order valence-corrected chi connectivity index (χ4v) is 3.78. The van der Waals surface area contributed by atoms with Crippen LogP contribution in [0.3, 0.4) is 0 Å². The van der Waals surface area contributed by atoms with Crippen LogP contribution in [-0.4, -0.2) is 43.8 Å². The number of anilines is 2. The maximum absolute atomic E-state index is 13.0. The van der Waals surface area contributed by atoms with Crippen LogP contribution in [0, 0.1) is 12.8 Å². The number of aromatic nitrogens is 5. The van der Waals surface area contributed by atoms with Gasteiger partial charge in [-0.25, -0.2) is 4.98 Å². The number of rotatable bonds is 3. The Morgan fingerprint density at radius 2 is 2.00 bits per heavy atom. The van der Waals surface area contributed by atoms with Crippen LogP contribution in [0.5, 0.6) is 0 Å². The van der Waals surface area contributed by atoms with E-state index in [-0.39, 0.29) is 17.5 Å². The lowest BCUT2D eigenvalue weighted by Crippen LogP contribution is -2.38. The van der Waals surface area contributed by atoms with Crippen molar-refractivity contribution in [2.24, 2.45) is 5.92 Å². The van der Waals surface area contributed by atoms with E-state index in [1.54, 1.807) is 12.3 Å². The lowest BCUT2D eigenvalue weighted by atomic mass is 9.96. The highest BCUT2D eigenvalue weighted by Crippen LogP contribution is 2.29. The normalized spacial score (nSPS) is 15.9. The van der Waals surface area contributed by atoms with E-state index >= 15 is 0 Å². The summed E-state index contributed by atoms with van der Waals surface area (Å²) >= 11 is 1.41. The van der Waals surface area contributed by atoms with Crippen LogP contribution >= 0.6 is 11.3 Å². The van der Waals surface area contributed by atoms with Gasteiger partial charge in [0.25, 0.3) is 5.82 Å². The van der Waals surface area contributed by atoms with Gasteiger partial charge in [-0.2, -0.15) is 17.7 Å². The van der Waals surface area contributed by atoms with E-state index in [4.69, 9.17) is 0 Å². The fraction of sp³-hybridized carbons (Fsp3) is 0.438. The smallest absolute Gasteiger partial charge is 0.355 e. The van der Waals surface area contributed by atoms with Crippen LogP contribution in [-0.2, 0) is 11.0 Å². The number of carbonyl (C=O) groups excluding carboxylic acids is 1. The second-order valence-electron chi connectivity index (χ2n) is 6.51. The Bertz CT molecular complexity index is 1010. The highest BCUT2D eigenvalue weighted by molar-refractivity contribution is 7.15. The zero-order chi connectivity index (χ0) is 19.9. The molecule has 0 bridgehead atoms. The van der Waals surface area contributed by atoms with Gasteiger partial charge in [0.05, 0.1) is 0 Å². The van der Waals surface area contributed by atoms with Crippen molar-refractivity contribution in [2.45, 2.75) is 25.9 Å². The van der Waals surface area contributed by atoms with Gasteiger partial charge in [0, 0.05) is 30.1 Å². The summed E-state index contributed by atoms with van der Waals surface area (Å²) in [6, 6.07) is 3.07. The highest BCUT2D eigenvalue weighted by Gasteiger charge is 2.38. The van der Waals surface area contributed by atoms with Gasteiger partial charge in [-0.15, -0.1) is 26.6 Å². The molecule has 0 unspecified atom stereocenters. The summed E-state index contributed by atoms with van der Waals surface area (Å²) in [4.78, 5) is 19.4. The van der Waals surface area contributed by atoms with Crippen LogP contribution in [0.25, 0.3) is 5.65 Å². The van der Waals surface area contributed by atoms with Gasteiger partial charge >= 0.3 is 6.18 Å². The van der Waals surface area contributed by atoms with Crippen LogP contribution in [0.4, 0.5) is 24.1 Å². The van der Waals surface area contributed by atoms with E-state index < -0.39 is 12.0 Å². The molecule has 1 aliphatic rings. The standard InChI is InChI=1S/C16H16F3N7OS/c1-9-8-20-15(28-9)21-13(27)10-4-6-25(7-5-10)12-3-2-11-22-23-14(16(17,18)19)26(11)24-12/h2-3,8,10H,4-7H2,1H3,(H,20,21,27). The summed E-state index contributed by atoms with van der Waals surface area (Å²) in [7, 11) is 0. The molecule has 4 rings (SSSR count). The van der Waals surface area contributed by atoms with Crippen molar-refractivity contribution >= 4 is 33.8 Å². The first-order valence-electron chi connectivity index (χ1n) is 8.59. The molecule has 0 spiro atoms. The van der Waals surface area contributed by atoms with Crippen LogP contribution in [0.15, 0.2) is 18.3 Å². The average molecular weight is 411 g/mol. The first-order valence-corrected chi connectivity index (χ1v) is 9.41. The molecule has 4 heterocycles. The zero-order valence-electron chi connectivity index (χ0n) is 14.8. The lowest BCUT2D eigenvalue weighted by molar-refractivity contribution is -0.146. The molecule has 0 aromatic carbocycles. The maximum Gasteiger partial charge on any atom is 0.453 e. The average Bonchev–Trinajstić information content (AvgIpc) is 3.27. The molecular formula is C16H16F3N7OS. The Labute approximate surface area is 161 Å². The molecular weight excluding hydrogens is 395 g/mol. The van der Waals surface area contributed by atoms with Gasteiger partial charge in [-0.3, -0.25) is 4.79 Å². The first kappa shape index (κ1) is 18.6. The number of alkyl halides is 3. The number of fused-ring (bicyclic) bond motifs is 1. The number of halogens is 3. The molecule has 12 heteroatoms. The summed E-state index contributed by atoms with van der Waals surface area (Å²) in [6.07, 6.45) is -1.79. The largest absolute Gasteiger partial charge is 0.453 e. The van der Waals surface area contributed by atoms with Crippen molar-refractivity contribution < 1.29 is 18.0 Å². The van der Waals surface area contributed by atoms with Crippen molar-refractivity contribution in [1.82, 2.24) is 24.8 Å². The van der Waals surface area contributed by atoms with Gasteiger partial charge in [0.15, 0.2) is 10.8 Å². The number of nitrogens with zero attached hydrogens (tertiary/aromatic N) is 6. The summed E-state index contributed by atoms with van der Waals surface area (Å²) in [5.74, 6) is -1.02. The predicted molar refractivity (Wildman–Crippen MR) is 96.2 cm³/mol. The Balaban J connectivity index is 1.44. The van der Waals surface area contributed by atoms with E-state index in [1.165, 1.54) is 17.4 Å². The summed E-state index contributed by atoms with van der Waals surface area (Å²) in [5.41, 5.74) is 0.0316. The van der Waals surface area contributed by atoms with Gasteiger partial charge in [-0.1, -0.05) is 0 Å². The van der Waals surface area contributed by atoms with Gasteiger partial charge in [-0.05, 0) is 31.9 Å². The second kappa shape index (κ2) is 7.00. The molecule has 0 atom stereocenters. The van der Waals surface area contributed by atoms with Crippen LogP contribution in [0.1, 0.15) is 23.5 Å². The first-order chi connectivity index (χ1) is 13.3. The van der Waals surface area contributed by atoms with Crippen molar-refractivity contribution in [3.8, 4) is 0 Å². The number of amides is 1. The quantitative estimate of drug-likeness (QED) is 0.713. The van der Waals surface area contributed by atoms with Gasteiger partial charge in [0.1, 0.15) is 5.82 Å². The van der Waals surface area contributed by atoms with E-state index in [2.05, 4.69) is 25.6 Å². The second-order valence-corrected chi connectivity index (χ2v) is 7.74. The summed E-state index contributed by atoms with van der Waals surface area (Å²) in [6.45, 7) is 2.93. The van der Waals surface area contributed by atoms with Crippen molar-refractivity contribution in [3.63, 3.8) is 0 Å². The van der Waals surface area contributed by atoms with E-state index in [1.807, 2.05) is 11.8 Å². The molecule has 1 amide bonds. The summed E-state index contributed by atoms with van der Waals surface area (Å²) < 4.78 is 39.8.